The van der Waals surface area contributed by atoms with Gasteiger partial charge in [-0.1, -0.05) is 34.4 Å². The molecule has 0 aromatic heterocycles. The van der Waals surface area contributed by atoms with Crippen LogP contribution in [0.15, 0.2) is 32.9 Å². The molecule has 1 aromatic rings. The molecule has 0 saturated heterocycles. The molecule has 3 rings (SSSR count). The minimum absolute atomic E-state index is 0.0310. The Labute approximate surface area is 154 Å². The van der Waals surface area contributed by atoms with Gasteiger partial charge < -0.3 is 4.84 Å². The number of nitrogens with zero attached hydrogens (tertiary/aromatic N) is 3. The van der Waals surface area contributed by atoms with Gasteiger partial charge in [0.25, 0.3) is 5.91 Å². The normalized spacial score (nSPS) is 19.3. The van der Waals surface area contributed by atoms with Gasteiger partial charge in [0.1, 0.15) is 6.61 Å². The standard InChI is InChI=1S/C15H13Cl2N3O4S/c1-20-15(21)9(7-18-20)13(16)8-3-4-11(25(2,22)23)12(14(8)17)10-5-6-24-19-10/h3-4,7H,5-6H2,1-2H3/b13-9-. The summed E-state index contributed by atoms with van der Waals surface area (Å²) in [4.78, 5) is 17.1. The van der Waals surface area contributed by atoms with E-state index in [0.29, 0.717) is 24.3 Å². The van der Waals surface area contributed by atoms with Gasteiger partial charge in [0, 0.05) is 30.9 Å². The number of benzene rings is 1. The van der Waals surface area contributed by atoms with Crippen LogP contribution < -0.4 is 0 Å². The molecule has 0 fully saturated rings. The van der Waals surface area contributed by atoms with Gasteiger partial charge in [-0.25, -0.2) is 13.4 Å². The van der Waals surface area contributed by atoms with Crippen molar-refractivity contribution in [3.05, 3.63) is 33.9 Å². The molecular weight excluding hydrogens is 389 g/mol. The predicted octanol–water partition coefficient (Wildman–Crippen LogP) is 2.28. The van der Waals surface area contributed by atoms with Crippen molar-refractivity contribution in [3.63, 3.8) is 0 Å². The summed E-state index contributed by atoms with van der Waals surface area (Å²) in [6.45, 7) is 0.337. The van der Waals surface area contributed by atoms with Crippen LogP contribution in [-0.4, -0.2) is 51.2 Å². The Bertz CT molecular complexity index is 967. The lowest BCUT2D eigenvalue weighted by Crippen LogP contribution is -2.17. The largest absolute Gasteiger partial charge is 0.395 e. The highest BCUT2D eigenvalue weighted by Gasteiger charge is 2.28. The van der Waals surface area contributed by atoms with Crippen molar-refractivity contribution in [1.29, 1.82) is 0 Å². The van der Waals surface area contributed by atoms with Crippen molar-refractivity contribution in [2.75, 3.05) is 19.9 Å². The number of oxime groups is 1. The van der Waals surface area contributed by atoms with E-state index in [2.05, 4.69) is 10.3 Å². The topological polar surface area (TPSA) is 88.4 Å². The molecule has 0 aliphatic carbocycles. The number of hydrogen-bond donors (Lipinski definition) is 0. The lowest BCUT2D eigenvalue weighted by molar-refractivity contribution is -0.124. The maximum absolute atomic E-state index is 12.1. The molecule has 25 heavy (non-hydrogen) atoms. The number of amides is 1. The Balaban J connectivity index is 2.25. The third kappa shape index (κ3) is 3.17. The van der Waals surface area contributed by atoms with E-state index in [1.165, 1.54) is 25.4 Å². The fourth-order valence-corrected chi connectivity index (χ4v) is 4.18. The van der Waals surface area contributed by atoms with Gasteiger partial charge in [-0.05, 0) is 6.07 Å². The van der Waals surface area contributed by atoms with Crippen molar-refractivity contribution >= 4 is 55.9 Å². The zero-order valence-electron chi connectivity index (χ0n) is 13.3. The highest BCUT2D eigenvalue weighted by molar-refractivity contribution is 7.90. The number of carbonyl (C=O) groups excluding carboxylic acids is 1. The molecule has 1 amide bonds. The molecule has 0 atom stereocenters. The number of carbonyl (C=O) groups is 1. The molecule has 2 heterocycles. The maximum Gasteiger partial charge on any atom is 0.276 e. The van der Waals surface area contributed by atoms with Crippen LogP contribution in [0.1, 0.15) is 17.5 Å². The zero-order chi connectivity index (χ0) is 18.4. The average Bonchev–Trinajstić information content (AvgIpc) is 3.17. The quantitative estimate of drug-likeness (QED) is 0.726. The third-order valence-electron chi connectivity index (χ3n) is 3.75. The molecule has 0 saturated carbocycles. The highest BCUT2D eigenvalue weighted by atomic mass is 35.5. The second-order valence-corrected chi connectivity index (χ2v) is 8.23. The van der Waals surface area contributed by atoms with E-state index in [9.17, 15) is 13.2 Å². The molecule has 0 unspecified atom stereocenters. The van der Waals surface area contributed by atoms with Gasteiger partial charge in [0.05, 0.1) is 32.4 Å². The first-order valence-corrected chi connectivity index (χ1v) is 9.80. The summed E-state index contributed by atoms with van der Waals surface area (Å²) >= 11 is 12.8. The average molecular weight is 402 g/mol. The SMILES string of the molecule is CN1N=C/C(=C(/Cl)c2ccc(S(C)(=O)=O)c(C3=NOCC3)c2Cl)C1=O. The third-order valence-corrected chi connectivity index (χ3v) is 5.69. The zero-order valence-corrected chi connectivity index (χ0v) is 15.6. The van der Waals surface area contributed by atoms with E-state index in [-0.39, 0.29) is 32.0 Å². The first-order valence-electron chi connectivity index (χ1n) is 7.15. The first-order chi connectivity index (χ1) is 11.7. The number of hydrogen-bond acceptors (Lipinski definition) is 6. The Morgan fingerprint density at radius 3 is 2.60 bits per heavy atom. The number of rotatable bonds is 3. The fourth-order valence-electron chi connectivity index (χ4n) is 2.51. The molecule has 2 aliphatic heterocycles. The Morgan fingerprint density at radius 2 is 2.08 bits per heavy atom. The molecule has 132 valence electrons. The summed E-state index contributed by atoms with van der Waals surface area (Å²) in [5.74, 6) is -0.378. The van der Waals surface area contributed by atoms with Crippen LogP contribution in [0.25, 0.3) is 5.03 Å². The van der Waals surface area contributed by atoms with Crippen molar-refractivity contribution in [2.45, 2.75) is 11.3 Å². The van der Waals surface area contributed by atoms with E-state index < -0.39 is 9.84 Å². The summed E-state index contributed by atoms with van der Waals surface area (Å²) in [6, 6.07) is 2.86. The minimum Gasteiger partial charge on any atom is -0.395 e. The summed E-state index contributed by atoms with van der Waals surface area (Å²) in [5.41, 5.74) is 1.16. The smallest absolute Gasteiger partial charge is 0.276 e. The molecule has 7 nitrogen and oxygen atoms in total. The van der Waals surface area contributed by atoms with Gasteiger partial charge in [-0.15, -0.1) is 0 Å². The molecule has 0 bridgehead atoms. The van der Waals surface area contributed by atoms with Crippen molar-refractivity contribution in [3.8, 4) is 0 Å². The van der Waals surface area contributed by atoms with Gasteiger partial charge in [-0.3, -0.25) is 4.79 Å². The van der Waals surface area contributed by atoms with Crippen LogP contribution in [0.5, 0.6) is 0 Å². The molecular formula is C15H13Cl2N3O4S. The highest BCUT2D eigenvalue weighted by Crippen LogP contribution is 2.37. The van der Waals surface area contributed by atoms with Gasteiger partial charge in [-0.2, -0.15) is 5.10 Å². The predicted molar refractivity (Wildman–Crippen MR) is 95.7 cm³/mol. The number of sulfone groups is 1. The van der Waals surface area contributed by atoms with Crippen molar-refractivity contribution in [2.24, 2.45) is 10.3 Å². The van der Waals surface area contributed by atoms with E-state index in [1.54, 1.807) is 0 Å². The van der Waals surface area contributed by atoms with E-state index in [1.807, 2.05) is 0 Å². The fraction of sp³-hybridized carbons (Fsp3) is 0.267. The molecule has 10 heteroatoms. The lowest BCUT2D eigenvalue weighted by atomic mass is 10.0. The number of likely N-dealkylation sites (N-methyl/N-ethyl adjacent to an activating group) is 1. The molecule has 0 radical (unpaired) electrons. The van der Waals surface area contributed by atoms with Crippen LogP contribution in [0.4, 0.5) is 0 Å². The van der Waals surface area contributed by atoms with Crippen molar-refractivity contribution < 1.29 is 18.0 Å². The number of halogens is 2. The van der Waals surface area contributed by atoms with Crippen molar-refractivity contribution in [1.82, 2.24) is 5.01 Å². The van der Waals surface area contributed by atoms with Crippen LogP contribution >= 0.6 is 23.2 Å². The van der Waals surface area contributed by atoms with Crippen LogP contribution in [0.3, 0.4) is 0 Å². The summed E-state index contributed by atoms with van der Waals surface area (Å²) in [5, 5.41) is 9.07. The molecule has 2 aliphatic rings. The monoisotopic (exact) mass is 401 g/mol. The summed E-state index contributed by atoms with van der Waals surface area (Å²) in [7, 11) is -2.06. The van der Waals surface area contributed by atoms with Gasteiger partial charge in [0.15, 0.2) is 9.84 Å². The molecule has 0 N–H and O–H groups in total. The minimum atomic E-state index is -3.56. The Kier molecular flexibility index (Phi) is 4.61. The summed E-state index contributed by atoms with van der Waals surface area (Å²) in [6.07, 6.45) is 2.84. The number of hydrazone groups is 1. The van der Waals surface area contributed by atoms with Crippen LogP contribution in [-0.2, 0) is 19.5 Å². The van der Waals surface area contributed by atoms with E-state index >= 15 is 0 Å². The molecule has 0 spiro atoms. The maximum atomic E-state index is 12.1. The Hall–Kier alpha value is -1.90. The van der Waals surface area contributed by atoms with Crippen LogP contribution in [0.2, 0.25) is 5.02 Å². The van der Waals surface area contributed by atoms with Gasteiger partial charge >= 0.3 is 0 Å². The van der Waals surface area contributed by atoms with Crippen LogP contribution in [0, 0.1) is 0 Å². The Morgan fingerprint density at radius 1 is 1.36 bits per heavy atom. The second-order valence-electron chi connectivity index (χ2n) is 5.49. The van der Waals surface area contributed by atoms with Gasteiger partial charge in [0.2, 0.25) is 0 Å². The molecule has 1 aromatic carbocycles. The summed E-state index contributed by atoms with van der Waals surface area (Å²) < 4.78 is 24.2. The first kappa shape index (κ1) is 17.9. The van der Waals surface area contributed by atoms with E-state index in [4.69, 9.17) is 28.0 Å². The second kappa shape index (κ2) is 6.44. The lowest BCUT2D eigenvalue weighted by Gasteiger charge is -2.14. The van der Waals surface area contributed by atoms with E-state index in [0.717, 1.165) is 11.3 Å².